The van der Waals surface area contributed by atoms with Crippen molar-refractivity contribution in [3.8, 4) is 0 Å². The lowest BCUT2D eigenvalue weighted by molar-refractivity contribution is -0.122. The van der Waals surface area contributed by atoms with E-state index >= 15 is 0 Å². The van der Waals surface area contributed by atoms with E-state index in [2.05, 4.69) is 27.4 Å². The molecule has 7 heteroatoms. The molecule has 1 aliphatic heterocycles. The van der Waals surface area contributed by atoms with E-state index in [1.165, 1.54) is 0 Å². The molecule has 2 fully saturated rings. The normalized spacial score (nSPS) is 17.4. The Bertz CT molecular complexity index is 880. The minimum Gasteiger partial charge on any atom is -0.352 e. The highest BCUT2D eigenvalue weighted by Crippen LogP contribution is 2.19. The number of nitrogens with zero attached hydrogens (tertiary/aromatic N) is 4. The van der Waals surface area contributed by atoms with Crippen LogP contribution in [0, 0.1) is 13.8 Å². The minimum absolute atomic E-state index is 0.0430. The third-order valence-corrected chi connectivity index (χ3v) is 5.74. The molecule has 0 bridgehead atoms. The van der Waals surface area contributed by atoms with Crippen LogP contribution in [-0.2, 0) is 11.3 Å². The molecule has 0 unspecified atom stereocenters. The van der Waals surface area contributed by atoms with Crippen LogP contribution in [0.1, 0.15) is 40.2 Å². The molecule has 0 radical (unpaired) electrons. The Morgan fingerprint density at radius 3 is 2.41 bits per heavy atom. The van der Waals surface area contributed by atoms with Gasteiger partial charge in [0.25, 0.3) is 5.91 Å². The van der Waals surface area contributed by atoms with Crippen molar-refractivity contribution in [1.29, 1.82) is 0 Å². The Hall–Kier alpha value is -2.67. The predicted octanol–water partition coefficient (Wildman–Crippen LogP) is 1.58. The van der Waals surface area contributed by atoms with Gasteiger partial charge in [-0.1, -0.05) is 30.3 Å². The summed E-state index contributed by atoms with van der Waals surface area (Å²) in [7, 11) is 0. The Balaban J connectivity index is 1.36. The van der Waals surface area contributed by atoms with Crippen LogP contribution in [0.25, 0.3) is 0 Å². The molecule has 1 saturated heterocycles. The van der Waals surface area contributed by atoms with Gasteiger partial charge in [-0.25, -0.2) is 0 Å². The van der Waals surface area contributed by atoms with Gasteiger partial charge in [-0.3, -0.25) is 19.2 Å². The highest BCUT2D eigenvalue weighted by atomic mass is 16.2. The zero-order valence-corrected chi connectivity index (χ0v) is 17.2. The number of amides is 2. The molecular weight excluding hydrogens is 366 g/mol. The van der Waals surface area contributed by atoms with E-state index in [0.29, 0.717) is 37.8 Å². The van der Waals surface area contributed by atoms with Crippen molar-refractivity contribution >= 4 is 11.8 Å². The fraction of sp³-hybridized carbons (Fsp3) is 0.500. The van der Waals surface area contributed by atoms with Crippen molar-refractivity contribution < 1.29 is 9.59 Å². The maximum absolute atomic E-state index is 13.2. The number of nitrogens with one attached hydrogen (secondary N) is 1. The summed E-state index contributed by atoms with van der Waals surface area (Å²) >= 11 is 0. The number of hydrogen-bond acceptors (Lipinski definition) is 4. The van der Waals surface area contributed by atoms with E-state index in [9.17, 15) is 9.59 Å². The topological polar surface area (TPSA) is 70.5 Å². The van der Waals surface area contributed by atoms with Crippen LogP contribution in [0.3, 0.4) is 0 Å². The van der Waals surface area contributed by atoms with Crippen molar-refractivity contribution in [3.05, 3.63) is 52.8 Å². The SMILES string of the molecule is Cc1nn(Cc2ccccc2)c(C)c1C(=O)N1CCN(CC(=O)NC2CC2)CC1. The number of carbonyl (C=O) groups is 2. The van der Waals surface area contributed by atoms with Gasteiger partial charge in [0.15, 0.2) is 0 Å². The lowest BCUT2D eigenvalue weighted by Gasteiger charge is -2.34. The van der Waals surface area contributed by atoms with Crippen LogP contribution < -0.4 is 5.32 Å². The van der Waals surface area contributed by atoms with Crippen molar-refractivity contribution in [1.82, 2.24) is 24.9 Å². The van der Waals surface area contributed by atoms with Crippen LogP contribution in [0.5, 0.6) is 0 Å². The summed E-state index contributed by atoms with van der Waals surface area (Å²) in [4.78, 5) is 29.2. The van der Waals surface area contributed by atoms with E-state index in [1.54, 1.807) is 0 Å². The van der Waals surface area contributed by atoms with Gasteiger partial charge in [0, 0.05) is 37.9 Å². The second-order valence-electron chi connectivity index (χ2n) is 8.10. The van der Waals surface area contributed by atoms with Gasteiger partial charge >= 0.3 is 0 Å². The largest absolute Gasteiger partial charge is 0.352 e. The standard InChI is InChI=1S/C22H29N5O2/c1-16-21(17(2)27(24-16)14-18-6-4-3-5-7-18)22(29)26-12-10-25(11-13-26)15-20(28)23-19-8-9-19/h3-7,19H,8-15H2,1-2H3,(H,23,28). The molecule has 2 amide bonds. The molecule has 2 heterocycles. The van der Waals surface area contributed by atoms with Gasteiger partial charge in [-0.2, -0.15) is 5.10 Å². The van der Waals surface area contributed by atoms with E-state index in [0.717, 1.165) is 42.9 Å². The molecule has 4 rings (SSSR count). The minimum atomic E-state index is 0.0430. The van der Waals surface area contributed by atoms with Gasteiger partial charge in [0.05, 0.1) is 24.3 Å². The summed E-state index contributed by atoms with van der Waals surface area (Å²) in [5.41, 5.74) is 3.55. The maximum Gasteiger partial charge on any atom is 0.257 e. The number of piperazine rings is 1. The van der Waals surface area contributed by atoms with Crippen LogP contribution in [0.15, 0.2) is 30.3 Å². The number of hydrogen-bond donors (Lipinski definition) is 1. The zero-order valence-electron chi connectivity index (χ0n) is 17.2. The summed E-state index contributed by atoms with van der Waals surface area (Å²) in [5, 5.41) is 7.64. The molecular formula is C22H29N5O2. The summed E-state index contributed by atoms with van der Waals surface area (Å²) in [6, 6.07) is 10.5. The molecule has 0 atom stereocenters. The average Bonchev–Trinajstić information content (AvgIpc) is 3.47. The van der Waals surface area contributed by atoms with Gasteiger partial charge < -0.3 is 10.2 Å². The van der Waals surface area contributed by atoms with Crippen LogP contribution in [0.4, 0.5) is 0 Å². The first kappa shape index (κ1) is 19.6. The molecule has 154 valence electrons. The quantitative estimate of drug-likeness (QED) is 0.806. The molecule has 1 N–H and O–H groups in total. The van der Waals surface area contributed by atoms with Crippen molar-refractivity contribution in [2.24, 2.45) is 0 Å². The molecule has 1 aromatic carbocycles. The molecule has 2 aromatic rings. The number of aryl methyl sites for hydroxylation is 1. The number of carbonyl (C=O) groups excluding carboxylic acids is 2. The molecule has 0 spiro atoms. The summed E-state index contributed by atoms with van der Waals surface area (Å²) in [6.45, 7) is 7.67. The first-order valence-corrected chi connectivity index (χ1v) is 10.4. The molecule has 1 aromatic heterocycles. The first-order valence-electron chi connectivity index (χ1n) is 10.4. The number of benzene rings is 1. The monoisotopic (exact) mass is 395 g/mol. The second-order valence-corrected chi connectivity index (χ2v) is 8.10. The Kier molecular flexibility index (Phi) is 5.67. The zero-order chi connectivity index (χ0) is 20.4. The second kappa shape index (κ2) is 8.37. The summed E-state index contributed by atoms with van der Waals surface area (Å²) < 4.78 is 1.91. The van der Waals surface area contributed by atoms with E-state index in [-0.39, 0.29) is 11.8 Å². The van der Waals surface area contributed by atoms with Gasteiger partial charge in [0.1, 0.15) is 0 Å². The molecule has 1 saturated carbocycles. The highest BCUT2D eigenvalue weighted by molar-refractivity contribution is 5.96. The van der Waals surface area contributed by atoms with E-state index < -0.39 is 0 Å². The van der Waals surface area contributed by atoms with Gasteiger partial charge in [0.2, 0.25) is 5.91 Å². The Morgan fingerprint density at radius 2 is 1.76 bits per heavy atom. The summed E-state index contributed by atoms with van der Waals surface area (Å²) in [5.74, 6) is 0.141. The Morgan fingerprint density at radius 1 is 1.07 bits per heavy atom. The summed E-state index contributed by atoms with van der Waals surface area (Å²) in [6.07, 6.45) is 2.20. The smallest absolute Gasteiger partial charge is 0.257 e. The number of aromatic nitrogens is 2. The number of rotatable bonds is 6. The van der Waals surface area contributed by atoms with Crippen molar-refractivity contribution in [2.45, 2.75) is 39.3 Å². The fourth-order valence-electron chi connectivity index (χ4n) is 3.89. The van der Waals surface area contributed by atoms with Gasteiger partial charge in [-0.15, -0.1) is 0 Å². The van der Waals surface area contributed by atoms with Crippen LogP contribution in [-0.4, -0.2) is 70.2 Å². The lowest BCUT2D eigenvalue weighted by atomic mass is 10.1. The lowest BCUT2D eigenvalue weighted by Crippen LogP contribution is -2.51. The first-order chi connectivity index (χ1) is 14.0. The molecule has 7 nitrogen and oxygen atoms in total. The van der Waals surface area contributed by atoms with E-state index in [1.807, 2.05) is 41.6 Å². The average molecular weight is 396 g/mol. The van der Waals surface area contributed by atoms with Crippen LogP contribution in [0.2, 0.25) is 0 Å². The van der Waals surface area contributed by atoms with Crippen molar-refractivity contribution in [3.63, 3.8) is 0 Å². The molecule has 2 aliphatic rings. The van der Waals surface area contributed by atoms with Gasteiger partial charge in [-0.05, 0) is 32.3 Å². The predicted molar refractivity (Wildman–Crippen MR) is 111 cm³/mol. The Labute approximate surface area is 171 Å². The third kappa shape index (κ3) is 4.67. The van der Waals surface area contributed by atoms with Crippen molar-refractivity contribution in [2.75, 3.05) is 32.7 Å². The molecule has 29 heavy (non-hydrogen) atoms. The molecule has 1 aliphatic carbocycles. The van der Waals surface area contributed by atoms with Crippen LogP contribution >= 0.6 is 0 Å². The fourth-order valence-corrected chi connectivity index (χ4v) is 3.89. The highest BCUT2D eigenvalue weighted by Gasteiger charge is 2.28. The van der Waals surface area contributed by atoms with E-state index in [4.69, 9.17) is 0 Å². The third-order valence-electron chi connectivity index (χ3n) is 5.74. The maximum atomic E-state index is 13.2.